The van der Waals surface area contributed by atoms with Crippen molar-refractivity contribution in [3.05, 3.63) is 47.5 Å². The standard InChI is InChI=1S/C15H19N3O2/c1-11(14-7-5-4-6-8-14)10-20-15(19)9-18-13(3)16-12(2)17-18/h4-8,11H,9-10H2,1-3H3. The summed E-state index contributed by atoms with van der Waals surface area (Å²) in [5.74, 6) is 1.27. The van der Waals surface area contributed by atoms with E-state index in [2.05, 4.69) is 10.1 Å². The third kappa shape index (κ3) is 3.66. The quantitative estimate of drug-likeness (QED) is 0.784. The highest BCUT2D eigenvalue weighted by molar-refractivity contribution is 5.69. The Morgan fingerprint density at radius 1 is 1.30 bits per heavy atom. The van der Waals surface area contributed by atoms with Crippen LogP contribution in [-0.2, 0) is 16.1 Å². The van der Waals surface area contributed by atoms with Crippen molar-refractivity contribution in [2.75, 3.05) is 6.61 Å². The minimum absolute atomic E-state index is 0.105. The molecule has 1 unspecified atom stereocenters. The molecule has 0 amide bonds. The van der Waals surface area contributed by atoms with Gasteiger partial charge in [-0.1, -0.05) is 37.3 Å². The molecule has 20 heavy (non-hydrogen) atoms. The minimum Gasteiger partial charge on any atom is -0.464 e. The number of hydrogen-bond acceptors (Lipinski definition) is 4. The van der Waals surface area contributed by atoms with E-state index in [0.29, 0.717) is 12.4 Å². The highest BCUT2D eigenvalue weighted by Crippen LogP contribution is 2.14. The third-order valence-electron chi connectivity index (χ3n) is 3.10. The highest BCUT2D eigenvalue weighted by Gasteiger charge is 2.12. The molecule has 0 fully saturated rings. The monoisotopic (exact) mass is 273 g/mol. The maximum atomic E-state index is 11.8. The molecule has 0 saturated carbocycles. The Labute approximate surface area is 118 Å². The van der Waals surface area contributed by atoms with Gasteiger partial charge in [0.25, 0.3) is 0 Å². The molecule has 1 heterocycles. The van der Waals surface area contributed by atoms with E-state index >= 15 is 0 Å². The Bertz CT molecular complexity index is 578. The molecule has 1 atom stereocenters. The second-order valence-electron chi connectivity index (χ2n) is 4.86. The largest absolute Gasteiger partial charge is 0.464 e. The lowest BCUT2D eigenvalue weighted by Crippen LogP contribution is -2.18. The van der Waals surface area contributed by atoms with Crippen molar-refractivity contribution < 1.29 is 9.53 Å². The highest BCUT2D eigenvalue weighted by atomic mass is 16.5. The number of aromatic nitrogens is 3. The van der Waals surface area contributed by atoms with Gasteiger partial charge in [0, 0.05) is 5.92 Å². The molecule has 106 valence electrons. The lowest BCUT2D eigenvalue weighted by molar-refractivity contribution is -0.145. The number of carbonyl (C=O) groups excluding carboxylic acids is 1. The Hall–Kier alpha value is -2.17. The molecule has 0 aliphatic heterocycles. The van der Waals surface area contributed by atoms with Crippen LogP contribution in [0.4, 0.5) is 0 Å². The zero-order valence-corrected chi connectivity index (χ0v) is 12.0. The number of carbonyl (C=O) groups is 1. The van der Waals surface area contributed by atoms with Crippen LogP contribution in [0.1, 0.15) is 30.1 Å². The number of benzene rings is 1. The Balaban J connectivity index is 1.85. The summed E-state index contributed by atoms with van der Waals surface area (Å²) in [4.78, 5) is 15.9. The first kappa shape index (κ1) is 14.2. The van der Waals surface area contributed by atoms with Crippen molar-refractivity contribution in [2.24, 2.45) is 0 Å². The van der Waals surface area contributed by atoms with Gasteiger partial charge in [0.2, 0.25) is 0 Å². The number of aryl methyl sites for hydroxylation is 2. The minimum atomic E-state index is -0.291. The lowest BCUT2D eigenvalue weighted by atomic mass is 10.0. The van der Waals surface area contributed by atoms with Crippen molar-refractivity contribution in [2.45, 2.75) is 33.2 Å². The first-order valence-corrected chi connectivity index (χ1v) is 6.65. The smallest absolute Gasteiger partial charge is 0.327 e. The first-order valence-electron chi connectivity index (χ1n) is 6.65. The summed E-state index contributed by atoms with van der Waals surface area (Å²) < 4.78 is 6.86. The fourth-order valence-electron chi connectivity index (χ4n) is 1.97. The summed E-state index contributed by atoms with van der Waals surface area (Å²) in [6.45, 7) is 6.13. The van der Waals surface area contributed by atoms with Gasteiger partial charge in [-0.2, -0.15) is 5.10 Å². The molecule has 5 heteroatoms. The fraction of sp³-hybridized carbons (Fsp3) is 0.400. The zero-order chi connectivity index (χ0) is 14.5. The molecule has 0 bridgehead atoms. The van der Waals surface area contributed by atoms with Gasteiger partial charge < -0.3 is 4.74 Å². The maximum Gasteiger partial charge on any atom is 0.327 e. The summed E-state index contributed by atoms with van der Waals surface area (Å²) in [6, 6.07) is 10.00. The predicted molar refractivity (Wildman–Crippen MR) is 75.3 cm³/mol. The molecule has 5 nitrogen and oxygen atoms in total. The van der Waals surface area contributed by atoms with Crippen molar-refractivity contribution in [3.63, 3.8) is 0 Å². The van der Waals surface area contributed by atoms with Crippen molar-refractivity contribution in [3.8, 4) is 0 Å². The average Bonchev–Trinajstić information content (AvgIpc) is 2.75. The van der Waals surface area contributed by atoms with E-state index < -0.39 is 0 Å². The summed E-state index contributed by atoms with van der Waals surface area (Å²) in [5.41, 5.74) is 1.16. The summed E-state index contributed by atoms with van der Waals surface area (Å²) >= 11 is 0. The lowest BCUT2D eigenvalue weighted by Gasteiger charge is -2.12. The molecular formula is C15H19N3O2. The molecule has 2 aromatic rings. The number of rotatable bonds is 5. The van der Waals surface area contributed by atoms with Crippen LogP contribution in [0.3, 0.4) is 0 Å². The van der Waals surface area contributed by atoms with E-state index in [1.54, 1.807) is 11.6 Å². The van der Waals surface area contributed by atoms with Crippen LogP contribution in [0.25, 0.3) is 0 Å². The molecule has 0 aliphatic carbocycles. The summed E-state index contributed by atoms with van der Waals surface area (Å²) in [7, 11) is 0. The van der Waals surface area contributed by atoms with Gasteiger partial charge in [-0.15, -0.1) is 0 Å². The number of hydrogen-bond donors (Lipinski definition) is 0. The van der Waals surface area contributed by atoms with E-state index in [4.69, 9.17) is 4.74 Å². The van der Waals surface area contributed by atoms with Gasteiger partial charge in [0.1, 0.15) is 18.2 Å². The van der Waals surface area contributed by atoms with Gasteiger partial charge in [-0.05, 0) is 19.4 Å². The zero-order valence-electron chi connectivity index (χ0n) is 12.0. The number of ether oxygens (including phenoxy) is 1. The van der Waals surface area contributed by atoms with Crippen LogP contribution < -0.4 is 0 Å². The summed E-state index contributed by atoms with van der Waals surface area (Å²) in [5, 5.41) is 4.14. The van der Waals surface area contributed by atoms with E-state index in [1.165, 1.54) is 0 Å². The number of nitrogens with zero attached hydrogens (tertiary/aromatic N) is 3. The Kier molecular flexibility index (Phi) is 4.50. The van der Waals surface area contributed by atoms with Crippen LogP contribution in [-0.4, -0.2) is 27.3 Å². The molecule has 1 aromatic carbocycles. The number of esters is 1. The molecule has 2 rings (SSSR count). The second-order valence-corrected chi connectivity index (χ2v) is 4.86. The first-order chi connectivity index (χ1) is 9.56. The van der Waals surface area contributed by atoms with Crippen LogP contribution >= 0.6 is 0 Å². The second kappa shape index (κ2) is 6.32. The molecule has 0 N–H and O–H groups in total. The van der Waals surface area contributed by atoms with E-state index in [-0.39, 0.29) is 18.4 Å². The normalized spacial score (nSPS) is 12.2. The third-order valence-corrected chi connectivity index (χ3v) is 3.10. The van der Waals surface area contributed by atoms with Gasteiger partial charge in [0.15, 0.2) is 0 Å². The Morgan fingerprint density at radius 3 is 2.60 bits per heavy atom. The van der Waals surface area contributed by atoms with Gasteiger partial charge >= 0.3 is 5.97 Å². The molecule has 0 aliphatic rings. The Morgan fingerprint density at radius 2 is 2.00 bits per heavy atom. The molecule has 0 radical (unpaired) electrons. The molecule has 1 aromatic heterocycles. The topological polar surface area (TPSA) is 57.0 Å². The predicted octanol–water partition coefficient (Wildman–Crippen LogP) is 2.24. The van der Waals surface area contributed by atoms with Crippen molar-refractivity contribution in [1.82, 2.24) is 14.8 Å². The van der Waals surface area contributed by atoms with Crippen molar-refractivity contribution in [1.29, 1.82) is 0 Å². The van der Waals surface area contributed by atoms with Gasteiger partial charge in [-0.25, -0.2) is 9.67 Å². The SMILES string of the molecule is Cc1nc(C)n(CC(=O)OCC(C)c2ccccc2)n1. The van der Waals surface area contributed by atoms with E-state index in [9.17, 15) is 4.79 Å². The molecule has 0 spiro atoms. The summed E-state index contributed by atoms with van der Waals surface area (Å²) in [6.07, 6.45) is 0. The van der Waals surface area contributed by atoms with Crippen molar-refractivity contribution >= 4 is 5.97 Å². The molecule has 0 saturated heterocycles. The maximum absolute atomic E-state index is 11.8. The van der Waals surface area contributed by atoms with Crippen LogP contribution in [0.2, 0.25) is 0 Å². The molecular weight excluding hydrogens is 254 g/mol. The average molecular weight is 273 g/mol. The van der Waals surface area contributed by atoms with Gasteiger partial charge in [-0.3, -0.25) is 4.79 Å². The van der Waals surface area contributed by atoms with Crippen LogP contribution in [0, 0.1) is 13.8 Å². The van der Waals surface area contributed by atoms with Gasteiger partial charge in [0.05, 0.1) is 6.61 Å². The van der Waals surface area contributed by atoms with E-state index in [1.807, 2.05) is 44.2 Å². The van der Waals surface area contributed by atoms with E-state index in [0.717, 1.165) is 11.4 Å². The van der Waals surface area contributed by atoms with Crippen LogP contribution in [0.5, 0.6) is 0 Å². The van der Waals surface area contributed by atoms with Crippen LogP contribution in [0.15, 0.2) is 30.3 Å². The fourth-order valence-corrected chi connectivity index (χ4v) is 1.97.